The first kappa shape index (κ1) is 24.2. The molecule has 0 aromatic heterocycles. The number of carbonyl (C=O) groups is 2. The number of anilines is 2. The normalized spacial score (nSPS) is 12.4. The molecule has 0 radical (unpaired) electrons. The average molecular weight is 437 g/mol. The van der Waals surface area contributed by atoms with E-state index in [1.54, 1.807) is 43.0 Å². The summed E-state index contributed by atoms with van der Waals surface area (Å²) in [6.45, 7) is 5.91. The minimum atomic E-state index is -4.58. The number of likely N-dealkylation sites (N-methyl/N-ethyl adjacent to an activating group) is 1. The van der Waals surface area contributed by atoms with E-state index in [4.69, 9.17) is 4.74 Å². The zero-order valence-electron chi connectivity index (χ0n) is 17.6. The van der Waals surface area contributed by atoms with Crippen molar-refractivity contribution in [3.8, 4) is 5.75 Å². The number of carbonyl (C=O) groups excluding carboxylic acids is 2. The van der Waals surface area contributed by atoms with Gasteiger partial charge in [-0.1, -0.05) is 19.1 Å². The van der Waals surface area contributed by atoms with Gasteiger partial charge in [0.15, 0.2) is 0 Å². The molecular formula is C22H26F3N3O3. The van der Waals surface area contributed by atoms with Crippen molar-refractivity contribution in [1.82, 2.24) is 4.90 Å². The number of rotatable bonds is 9. The fraction of sp³-hybridized carbons (Fsp3) is 0.364. The summed E-state index contributed by atoms with van der Waals surface area (Å²) >= 11 is 0. The number of amides is 2. The number of hydrogen-bond donors (Lipinski definition) is 2. The maximum absolute atomic E-state index is 13.1. The summed E-state index contributed by atoms with van der Waals surface area (Å²) in [6, 6.07) is 10.9. The van der Waals surface area contributed by atoms with Gasteiger partial charge < -0.3 is 15.4 Å². The van der Waals surface area contributed by atoms with Crippen LogP contribution in [0, 0.1) is 0 Å². The molecule has 0 spiro atoms. The first-order valence-electron chi connectivity index (χ1n) is 9.89. The van der Waals surface area contributed by atoms with Crippen LogP contribution >= 0.6 is 0 Å². The number of ether oxygens (including phenoxy) is 1. The second kappa shape index (κ2) is 10.8. The third-order valence-electron chi connectivity index (χ3n) is 4.62. The molecule has 1 unspecified atom stereocenters. The fourth-order valence-electron chi connectivity index (χ4n) is 2.95. The van der Waals surface area contributed by atoms with Gasteiger partial charge >= 0.3 is 6.18 Å². The summed E-state index contributed by atoms with van der Waals surface area (Å²) < 4.78 is 44.7. The Balaban J connectivity index is 2.00. The molecule has 168 valence electrons. The molecule has 2 amide bonds. The molecule has 0 fully saturated rings. The molecule has 0 bridgehead atoms. The lowest BCUT2D eigenvalue weighted by Gasteiger charge is -2.26. The van der Waals surface area contributed by atoms with E-state index in [-0.39, 0.29) is 18.1 Å². The summed E-state index contributed by atoms with van der Waals surface area (Å²) in [5.74, 6) is -0.298. The van der Waals surface area contributed by atoms with Gasteiger partial charge in [-0.15, -0.1) is 0 Å². The van der Waals surface area contributed by atoms with Crippen molar-refractivity contribution in [3.63, 3.8) is 0 Å². The van der Waals surface area contributed by atoms with Gasteiger partial charge in [-0.2, -0.15) is 13.2 Å². The molecule has 2 N–H and O–H groups in total. The highest BCUT2D eigenvalue weighted by Gasteiger charge is 2.33. The van der Waals surface area contributed by atoms with Crippen LogP contribution in [-0.4, -0.2) is 42.5 Å². The highest BCUT2D eigenvalue weighted by Crippen LogP contribution is 2.34. The number of nitrogens with zero attached hydrogens (tertiary/aromatic N) is 1. The van der Waals surface area contributed by atoms with E-state index in [1.807, 2.05) is 6.92 Å². The van der Waals surface area contributed by atoms with E-state index in [2.05, 4.69) is 10.6 Å². The Morgan fingerprint density at radius 1 is 1.03 bits per heavy atom. The number of para-hydroxylation sites is 1. The molecule has 2 aromatic carbocycles. The smallest absolute Gasteiger partial charge is 0.418 e. The van der Waals surface area contributed by atoms with Gasteiger partial charge in [0.2, 0.25) is 11.8 Å². The van der Waals surface area contributed by atoms with Crippen LogP contribution in [0.2, 0.25) is 0 Å². The van der Waals surface area contributed by atoms with Gasteiger partial charge in [-0.3, -0.25) is 14.5 Å². The van der Waals surface area contributed by atoms with E-state index >= 15 is 0 Å². The number of benzene rings is 2. The molecule has 0 aliphatic heterocycles. The van der Waals surface area contributed by atoms with Crippen LogP contribution in [0.5, 0.6) is 5.75 Å². The lowest BCUT2D eigenvalue weighted by Crippen LogP contribution is -2.45. The molecule has 31 heavy (non-hydrogen) atoms. The van der Waals surface area contributed by atoms with Gasteiger partial charge in [-0.05, 0) is 56.8 Å². The molecule has 0 aliphatic carbocycles. The Labute approximate surface area is 179 Å². The van der Waals surface area contributed by atoms with Crippen molar-refractivity contribution in [1.29, 1.82) is 0 Å². The van der Waals surface area contributed by atoms with Crippen LogP contribution in [0.3, 0.4) is 0 Å². The highest BCUT2D eigenvalue weighted by molar-refractivity contribution is 5.96. The monoisotopic (exact) mass is 437 g/mol. The summed E-state index contributed by atoms with van der Waals surface area (Å²) in [7, 11) is 0. The standard InChI is InChI=1S/C22H26F3N3O3/c1-4-28(14-20(29)27-19-9-7-6-8-18(19)22(23,24)25)15(3)21(30)26-16-10-12-17(13-11-16)31-5-2/h6-13,15H,4-5,14H2,1-3H3,(H,26,30)(H,27,29). The Morgan fingerprint density at radius 2 is 1.68 bits per heavy atom. The number of halogens is 3. The molecular weight excluding hydrogens is 411 g/mol. The second-order valence-corrected chi connectivity index (χ2v) is 6.78. The third-order valence-corrected chi connectivity index (χ3v) is 4.62. The zero-order chi connectivity index (χ0) is 23.0. The van der Waals surface area contributed by atoms with Gasteiger partial charge in [0.1, 0.15) is 5.75 Å². The maximum Gasteiger partial charge on any atom is 0.418 e. The zero-order valence-corrected chi connectivity index (χ0v) is 17.6. The lowest BCUT2D eigenvalue weighted by atomic mass is 10.1. The molecule has 6 nitrogen and oxygen atoms in total. The van der Waals surface area contributed by atoms with Crippen LogP contribution < -0.4 is 15.4 Å². The average Bonchev–Trinajstić information content (AvgIpc) is 2.72. The molecule has 9 heteroatoms. The van der Waals surface area contributed by atoms with Crippen molar-refractivity contribution in [2.45, 2.75) is 33.0 Å². The largest absolute Gasteiger partial charge is 0.494 e. The van der Waals surface area contributed by atoms with Crippen LogP contribution in [0.15, 0.2) is 48.5 Å². The molecule has 0 heterocycles. The maximum atomic E-state index is 13.1. The number of hydrogen-bond acceptors (Lipinski definition) is 4. The molecule has 0 saturated heterocycles. The Bertz CT molecular complexity index is 886. The predicted octanol–water partition coefficient (Wildman–Crippen LogP) is 4.39. The van der Waals surface area contributed by atoms with E-state index in [0.29, 0.717) is 24.6 Å². The number of nitrogens with one attached hydrogen (secondary N) is 2. The molecule has 1 atom stereocenters. The highest BCUT2D eigenvalue weighted by atomic mass is 19.4. The fourth-order valence-corrected chi connectivity index (χ4v) is 2.95. The quantitative estimate of drug-likeness (QED) is 0.610. The molecule has 2 rings (SSSR count). The van der Waals surface area contributed by atoms with Crippen molar-refractivity contribution in [2.24, 2.45) is 0 Å². The van der Waals surface area contributed by atoms with Gasteiger partial charge in [0.05, 0.1) is 30.4 Å². The summed E-state index contributed by atoms with van der Waals surface area (Å²) in [4.78, 5) is 26.5. The van der Waals surface area contributed by atoms with Crippen LogP contribution in [0.4, 0.5) is 24.5 Å². The minimum Gasteiger partial charge on any atom is -0.494 e. The summed E-state index contributed by atoms with van der Waals surface area (Å²) in [5, 5.41) is 5.06. The second-order valence-electron chi connectivity index (χ2n) is 6.78. The van der Waals surface area contributed by atoms with Crippen molar-refractivity contribution in [2.75, 3.05) is 30.3 Å². The SMILES string of the molecule is CCOc1ccc(NC(=O)C(C)N(CC)CC(=O)Nc2ccccc2C(F)(F)F)cc1. The lowest BCUT2D eigenvalue weighted by molar-refractivity contribution is -0.137. The van der Waals surface area contributed by atoms with Gasteiger partial charge in [0.25, 0.3) is 0 Å². The van der Waals surface area contributed by atoms with E-state index < -0.39 is 23.7 Å². The summed E-state index contributed by atoms with van der Waals surface area (Å²) in [6.07, 6.45) is -4.58. The molecule has 2 aromatic rings. The van der Waals surface area contributed by atoms with Gasteiger partial charge in [0, 0.05) is 5.69 Å². The number of alkyl halides is 3. The first-order chi connectivity index (χ1) is 14.7. The van der Waals surface area contributed by atoms with Gasteiger partial charge in [-0.25, -0.2) is 0 Å². The Hall–Kier alpha value is -3.07. The van der Waals surface area contributed by atoms with Crippen molar-refractivity contribution < 1.29 is 27.5 Å². The third kappa shape index (κ3) is 6.99. The topological polar surface area (TPSA) is 70.7 Å². The van der Waals surface area contributed by atoms with Crippen molar-refractivity contribution in [3.05, 3.63) is 54.1 Å². The Kier molecular flexibility index (Phi) is 8.44. The molecule has 0 aliphatic rings. The van der Waals surface area contributed by atoms with E-state index in [0.717, 1.165) is 6.07 Å². The minimum absolute atomic E-state index is 0.236. The van der Waals surface area contributed by atoms with E-state index in [9.17, 15) is 22.8 Å². The predicted molar refractivity (Wildman–Crippen MR) is 113 cm³/mol. The Morgan fingerprint density at radius 3 is 2.26 bits per heavy atom. The molecule has 0 saturated carbocycles. The van der Waals surface area contributed by atoms with Crippen LogP contribution in [0.25, 0.3) is 0 Å². The summed E-state index contributed by atoms with van der Waals surface area (Å²) in [5.41, 5.74) is -0.671. The van der Waals surface area contributed by atoms with E-state index in [1.165, 1.54) is 18.2 Å². The van der Waals surface area contributed by atoms with Crippen LogP contribution in [-0.2, 0) is 15.8 Å². The first-order valence-corrected chi connectivity index (χ1v) is 9.89. The van der Waals surface area contributed by atoms with Crippen molar-refractivity contribution >= 4 is 23.2 Å². The van der Waals surface area contributed by atoms with Crippen LogP contribution in [0.1, 0.15) is 26.3 Å².